The molecule has 1 aromatic carbocycles. The third-order valence-corrected chi connectivity index (χ3v) is 7.33. The molecule has 1 amide bonds. The van der Waals surface area contributed by atoms with E-state index in [1.165, 1.54) is 57.8 Å². The first-order chi connectivity index (χ1) is 19.2. The van der Waals surface area contributed by atoms with E-state index in [0.717, 1.165) is 43.4 Å². The Bertz CT molecular complexity index is 836. The number of carbonyl (C=O) groups is 1. The van der Waals surface area contributed by atoms with Gasteiger partial charge < -0.3 is 19.8 Å². The van der Waals surface area contributed by atoms with Crippen LogP contribution >= 0.6 is 7.82 Å². The monoisotopic (exact) mass is 581 g/mol. The molecule has 0 saturated carbocycles. The normalized spacial score (nSPS) is 12.8. The minimum atomic E-state index is -4.63. The lowest BCUT2D eigenvalue weighted by Crippen LogP contribution is -2.39. The summed E-state index contributed by atoms with van der Waals surface area (Å²) in [5.41, 5.74) is 0.928. The zero-order chi connectivity index (χ0) is 29.5. The topological polar surface area (TPSA) is 105 Å². The third-order valence-electron chi connectivity index (χ3n) is 6.84. The van der Waals surface area contributed by atoms with Gasteiger partial charge in [-0.15, -0.1) is 0 Å². The summed E-state index contributed by atoms with van der Waals surface area (Å²) in [5.74, 6) is 1.23. The van der Waals surface area contributed by atoms with Crippen LogP contribution < -0.4 is 10.1 Å². The maximum atomic E-state index is 12.5. The molecule has 40 heavy (non-hydrogen) atoms. The van der Waals surface area contributed by atoms with Crippen molar-refractivity contribution in [1.29, 1.82) is 0 Å². The van der Waals surface area contributed by atoms with E-state index in [0.29, 0.717) is 25.4 Å². The van der Waals surface area contributed by atoms with Crippen molar-refractivity contribution in [2.45, 2.75) is 130 Å². The molecule has 230 valence electrons. The number of amides is 1. The zero-order valence-electron chi connectivity index (χ0n) is 25.3. The number of hydrogen-bond donors (Lipinski definition) is 3. The Balaban J connectivity index is 2.27. The SMILES string of the molecule is CCCCCCCC/C=C\CCCCCCCC(=O)N[C@@H](COP(=O)(O)O)Cc1ccc(OCCC(C)C)cc1. The van der Waals surface area contributed by atoms with E-state index < -0.39 is 13.9 Å². The van der Waals surface area contributed by atoms with Crippen molar-refractivity contribution in [2.75, 3.05) is 13.2 Å². The quantitative estimate of drug-likeness (QED) is 0.0610. The van der Waals surface area contributed by atoms with Crippen LogP contribution in [0.4, 0.5) is 0 Å². The van der Waals surface area contributed by atoms with Gasteiger partial charge in [0, 0.05) is 6.42 Å². The molecule has 0 aliphatic rings. The summed E-state index contributed by atoms with van der Waals surface area (Å²) in [6, 6.07) is 7.04. The molecule has 0 aromatic heterocycles. The summed E-state index contributed by atoms with van der Waals surface area (Å²) >= 11 is 0. The molecule has 0 aliphatic carbocycles. The maximum absolute atomic E-state index is 12.5. The van der Waals surface area contributed by atoms with Gasteiger partial charge in [-0.05, 0) is 68.6 Å². The van der Waals surface area contributed by atoms with Crippen molar-refractivity contribution in [3.05, 3.63) is 42.0 Å². The van der Waals surface area contributed by atoms with Gasteiger partial charge >= 0.3 is 7.82 Å². The van der Waals surface area contributed by atoms with E-state index in [1.54, 1.807) is 0 Å². The average Bonchev–Trinajstić information content (AvgIpc) is 2.90. The van der Waals surface area contributed by atoms with Crippen LogP contribution in [0.5, 0.6) is 5.75 Å². The number of benzene rings is 1. The lowest BCUT2D eigenvalue weighted by atomic mass is 10.1. The van der Waals surface area contributed by atoms with Gasteiger partial charge in [-0.25, -0.2) is 4.57 Å². The number of nitrogens with one attached hydrogen (secondary N) is 1. The smallest absolute Gasteiger partial charge is 0.469 e. The van der Waals surface area contributed by atoms with E-state index in [1.807, 2.05) is 24.3 Å². The second kappa shape index (κ2) is 23.0. The van der Waals surface area contributed by atoms with Crippen molar-refractivity contribution in [3.63, 3.8) is 0 Å². The molecule has 0 fully saturated rings. The van der Waals surface area contributed by atoms with Gasteiger partial charge in [0.25, 0.3) is 0 Å². The van der Waals surface area contributed by atoms with Crippen molar-refractivity contribution < 1.29 is 28.4 Å². The molecule has 8 heteroatoms. The molecule has 0 heterocycles. The predicted octanol–water partition coefficient (Wildman–Crippen LogP) is 8.29. The van der Waals surface area contributed by atoms with Gasteiger partial charge in [0.1, 0.15) is 5.75 Å². The van der Waals surface area contributed by atoms with Crippen LogP contribution in [0.1, 0.15) is 123 Å². The molecule has 3 N–H and O–H groups in total. The van der Waals surface area contributed by atoms with Crippen molar-refractivity contribution in [2.24, 2.45) is 5.92 Å². The predicted molar refractivity (Wildman–Crippen MR) is 164 cm³/mol. The van der Waals surface area contributed by atoms with Gasteiger partial charge in [-0.3, -0.25) is 9.32 Å². The summed E-state index contributed by atoms with van der Waals surface area (Å²) in [6.45, 7) is 6.95. The summed E-state index contributed by atoms with van der Waals surface area (Å²) in [5, 5.41) is 2.90. The Labute approximate surface area is 243 Å². The van der Waals surface area contributed by atoms with Crippen LogP contribution in [0.3, 0.4) is 0 Å². The van der Waals surface area contributed by atoms with Crippen LogP contribution in [-0.2, 0) is 20.3 Å². The molecular weight excluding hydrogens is 525 g/mol. The molecule has 1 rings (SSSR count). The number of hydrogen-bond acceptors (Lipinski definition) is 4. The van der Waals surface area contributed by atoms with E-state index in [-0.39, 0.29) is 12.5 Å². The maximum Gasteiger partial charge on any atom is 0.469 e. The van der Waals surface area contributed by atoms with Crippen molar-refractivity contribution in [1.82, 2.24) is 5.32 Å². The number of ether oxygens (including phenoxy) is 1. The summed E-state index contributed by atoms with van der Waals surface area (Å²) in [6.07, 6.45) is 22.0. The number of phosphoric acid groups is 1. The third kappa shape index (κ3) is 22.1. The molecule has 1 atom stereocenters. The zero-order valence-corrected chi connectivity index (χ0v) is 26.2. The minimum Gasteiger partial charge on any atom is -0.494 e. The van der Waals surface area contributed by atoms with E-state index in [4.69, 9.17) is 19.0 Å². The van der Waals surface area contributed by atoms with E-state index >= 15 is 0 Å². The largest absolute Gasteiger partial charge is 0.494 e. The second-order valence-corrected chi connectivity index (χ2v) is 12.5. The number of unbranched alkanes of at least 4 members (excludes halogenated alkanes) is 11. The molecule has 0 bridgehead atoms. The van der Waals surface area contributed by atoms with Gasteiger partial charge in [0.05, 0.1) is 19.3 Å². The lowest BCUT2D eigenvalue weighted by Gasteiger charge is -2.19. The summed E-state index contributed by atoms with van der Waals surface area (Å²) in [7, 11) is -4.63. The minimum absolute atomic E-state index is 0.120. The highest BCUT2D eigenvalue weighted by Gasteiger charge is 2.20. The Morgan fingerprint density at radius 2 is 1.48 bits per heavy atom. The Morgan fingerprint density at radius 1 is 0.900 bits per heavy atom. The molecule has 0 saturated heterocycles. The highest BCUT2D eigenvalue weighted by atomic mass is 31.2. The summed E-state index contributed by atoms with van der Waals surface area (Å²) in [4.78, 5) is 30.8. The van der Waals surface area contributed by atoms with Crippen LogP contribution in [0, 0.1) is 5.92 Å². The van der Waals surface area contributed by atoms with Crippen molar-refractivity contribution in [3.8, 4) is 5.75 Å². The Hall–Kier alpha value is -1.66. The molecule has 1 aromatic rings. The number of carbonyl (C=O) groups excluding carboxylic acids is 1. The first kappa shape index (κ1) is 36.4. The number of phosphoric ester groups is 1. The number of rotatable bonds is 25. The Kier molecular flexibility index (Phi) is 20.9. The first-order valence-corrected chi connectivity index (χ1v) is 17.1. The second-order valence-electron chi connectivity index (χ2n) is 11.3. The highest BCUT2D eigenvalue weighted by molar-refractivity contribution is 7.46. The molecule has 0 aliphatic heterocycles. The molecule has 7 nitrogen and oxygen atoms in total. The molecule has 0 unspecified atom stereocenters. The fraction of sp³-hybridized carbons (Fsp3) is 0.719. The van der Waals surface area contributed by atoms with Crippen LogP contribution in [0.15, 0.2) is 36.4 Å². The van der Waals surface area contributed by atoms with Gasteiger partial charge in [0.2, 0.25) is 5.91 Å². The standard InChI is InChI=1S/C32H56NO6P/c1-4-5-6-7-8-9-10-11-12-13-14-15-16-17-18-19-32(34)33-30(27-39-40(35,36)37)26-29-20-22-31(23-21-29)38-25-24-28(2)3/h11-12,20-23,28,30H,4-10,13-19,24-27H2,1-3H3,(H,33,34)(H2,35,36,37)/b12-11-/t30-/m1/s1. The first-order valence-electron chi connectivity index (χ1n) is 15.6. The molecule has 0 radical (unpaired) electrons. The van der Waals surface area contributed by atoms with Crippen LogP contribution in [0.25, 0.3) is 0 Å². The Morgan fingerprint density at radius 3 is 2.05 bits per heavy atom. The van der Waals surface area contributed by atoms with E-state index in [9.17, 15) is 9.36 Å². The van der Waals surface area contributed by atoms with Crippen LogP contribution in [0.2, 0.25) is 0 Å². The fourth-order valence-electron chi connectivity index (χ4n) is 4.41. The van der Waals surface area contributed by atoms with E-state index in [2.05, 4.69) is 38.2 Å². The fourth-order valence-corrected chi connectivity index (χ4v) is 4.79. The van der Waals surface area contributed by atoms with Gasteiger partial charge in [-0.1, -0.05) is 96.4 Å². The molecular formula is C32H56NO6P. The summed E-state index contributed by atoms with van der Waals surface area (Å²) < 4.78 is 21.7. The highest BCUT2D eigenvalue weighted by Crippen LogP contribution is 2.35. The average molecular weight is 582 g/mol. The molecule has 0 spiro atoms. The van der Waals surface area contributed by atoms with Crippen molar-refractivity contribution >= 4 is 13.7 Å². The van der Waals surface area contributed by atoms with Gasteiger partial charge in [0.15, 0.2) is 0 Å². The van der Waals surface area contributed by atoms with Gasteiger partial charge in [-0.2, -0.15) is 0 Å². The van der Waals surface area contributed by atoms with Crippen LogP contribution in [-0.4, -0.2) is 34.9 Å². The number of allylic oxidation sites excluding steroid dienone is 2. The lowest BCUT2D eigenvalue weighted by molar-refractivity contribution is -0.122.